The highest BCUT2D eigenvalue weighted by atomic mass is 35.5. The Morgan fingerprint density at radius 2 is 2.07 bits per heavy atom. The van der Waals surface area contributed by atoms with Crippen LogP contribution in [0.2, 0.25) is 0 Å². The third-order valence-corrected chi connectivity index (χ3v) is 2.12. The Balaban J connectivity index is 2.41. The molecule has 15 heavy (non-hydrogen) atoms. The van der Waals surface area contributed by atoms with Gasteiger partial charge in [0.15, 0.2) is 0 Å². The number of hydrogen-bond acceptors (Lipinski definition) is 2. The van der Waals surface area contributed by atoms with Gasteiger partial charge in [0, 0.05) is 12.1 Å². The summed E-state index contributed by atoms with van der Waals surface area (Å²) in [6.07, 6.45) is 1.76. The van der Waals surface area contributed by atoms with Crippen molar-refractivity contribution in [3.8, 4) is 5.75 Å². The first-order valence-corrected chi connectivity index (χ1v) is 5.48. The zero-order valence-electron chi connectivity index (χ0n) is 8.87. The van der Waals surface area contributed by atoms with E-state index in [-0.39, 0.29) is 0 Å². The fourth-order valence-corrected chi connectivity index (χ4v) is 1.23. The van der Waals surface area contributed by atoms with Gasteiger partial charge in [0.25, 0.3) is 0 Å². The van der Waals surface area contributed by atoms with Gasteiger partial charge in [0.05, 0.1) is 0 Å². The van der Waals surface area contributed by atoms with E-state index in [9.17, 15) is 0 Å². The van der Waals surface area contributed by atoms with Gasteiger partial charge >= 0.3 is 0 Å². The molecule has 0 amide bonds. The summed E-state index contributed by atoms with van der Waals surface area (Å²) in [6, 6.07) is 8.05. The highest BCUT2D eigenvalue weighted by Crippen LogP contribution is 2.11. The summed E-state index contributed by atoms with van der Waals surface area (Å²) in [5, 5.41) is 3.27. The summed E-state index contributed by atoms with van der Waals surface area (Å²) in [5.41, 5.74) is 2.72. The van der Waals surface area contributed by atoms with Crippen molar-refractivity contribution in [1.29, 1.82) is 0 Å². The van der Waals surface area contributed by atoms with Crippen molar-refractivity contribution in [1.82, 2.24) is 5.32 Å². The Labute approximate surface area is 95.9 Å². The molecule has 0 aliphatic rings. The van der Waals surface area contributed by atoms with E-state index in [2.05, 4.69) is 24.4 Å². The maximum absolute atomic E-state index is 5.41. The Morgan fingerprint density at radius 3 is 2.67 bits per heavy atom. The molecule has 3 heteroatoms. The molecule has 0 bridgehead atoms. The average Bonchev–Trinajstić information content (AvgIpc) is 2.28. The van der Waals surface area contributed by atoms with Crippen LogP contribution < -0.4 is 10.1 Å². The van der Waals surface area contributed by atoms with Gasteiger partial charge in [0.2, 0.25) is 0 Å². The minimum atomic E-state index is 0.510. The van der Waals surface area contributed by atoms with Gasteiger partial charge in [-0.2, -0.15) is 0 Å². The van der Waals surface area contributed by atoms with Gasteiger partial charge in [-0.05, 0) is 30.3 Å². The fraction of sp³-hybridized carbons (Fsp3) is 0.333. The van der Waals surface area contributed by atoms with Crippen LogP contribution >= 0.6 is 11.6 Å². The monoisotopic (exact) mass is 225 g/mol. The number of halogens is 1. The lowest BCUT2D eigenvalue weighted by molar-refractivity contribution is 0.363. The SMILES string of the molecule is CCNCc1ccc(OC/C=C/Cl)cc1. The summed E-state index contributed by atoms with van der Waals surface area (Å²) >= 11 is 5.38. The maximum atomic E-state index is 5.41. The number of ether oxygens (including phenoxy) is 1. The molecule has 0 spiro atoms. The van der Waals surface area contributed by atoms with Crippen LogP contribution in [-0.4, -0.2) is 13.2 Å². The molecule has 0 aliphatic carbocycles. The van der Waals surface area contributed by atoms with Crippen molar-refractivity contribution >= 4 is 11.6 Å². The molecule has 1 rings (SSSR count). The third-order valence-electron chi connectivity index (χ3n) is 1.94. The van der Waals surface area contributed by atoms with Gasteiger partial charge in [-0.3, -0.25) is 0 Å². The predicted octanol–water partition coefficient (Wildman–Crippen LogP) is 2.93. The minimum absolute atomic E-state index is 0.510. The molecule has 0 aliphatic heterocycles. The van der Waals surface area contributed by atoms with E-state index in [1.807, 2.05) is 12.1 Å². The lowest BCUT2D eigenvalue weighted by atomic mass is 10.2. The molecular formula is C12H16ClNO. The summed E-state index contributed by atoms with van der Waals surface area (Å²) in [6.45, 7) is 4.49. The molecule has 0 atom stereocenters. The van der Waals surface area contributed by atoms with Crippen LogP contribution in [0.5, 0.6) is 5.75 Å². The van der Waals surface area contributed by atoms with Crippen LogP contribution in [0, 0.1) is 0 Å². The van der Waals surface area contributed by atoms with E-state index >= 15 is 0 Å². The smallest absolute Gasteiger partial charge is 0.119 e. The summed E-state index contributed by atoms with van der Waals surface area (Å²) in [4.78, 5) is 0. The maximum Gasteiger partial charge on any atom is 0.119 e. The van der Waals surface area contributed by atoms with E-state index < -0.39 is 0 Å². The van der Waals surface area contributed by atoms with E-state index in [1.165, 1.54) is 11.1 Å². The Hall–Kier alpha value is -0.990. The van der Waals surface area contributed by atoms with Crippen molar-refractivity contribution in [2.45, 2.75) is 13.5 Å². The second-order valence-corrected chi connectivity index (χ2v) is 3.35. The summed E-state index contributed by atoms with van der Waals surface area (Å²) in [5.74, 6) is 0.866. The van der Waals surface area contributed by atoms with Crippen LogP contribution in [0.25, 0.3) is 0 Å². The molecule has 1 aromatic carbocycles. The Kier molecular flexibility index (Phi) is 5.90. The highest BCUT2D eigenvalue weighted by molar-refractivity contribution is 6.25. The molecule has 0 fully saturated rings. The molecule has 82 valence electrons. The molecule has 0 radical (unpaired) electrons. The van der Waals surface area contributed by atoms with E-state index in [0.29, 0.717) is 6.61 Å². The van der Waals surface area contributed by atoms with E-state index in [0.717, 1.165) is 18.8 Å². The molecular weight excluding hydrogens is 210 g/mol. The Morgan fingerprint density at radius 1 is 1.33 bits per heavy atom. The van der Waals surface area contributed by atoms with Crippen LogP contribution in [0.1, 0.15) is 12.5 Å². The van der Waals surface area contributed by atoms with Crippen molar-refractivity contribution in [3.05, 3.63) is 41.4 Å². The quantitative estimate of drug-likeness (QED) is 0.804. The van der Waals surface area contributed by atoms with Gasteiger partial charge in [-0.25, -0.2) is 0 Å². The Bertz CT molecular complexity index is 295. The van der Waals surface area contributed by atoms with E-state index in [1.54, 1.807) is 6.08 Å². The summed E-state index contributed by atoms with van der Waals surface area (Å²) in [7, 11) is 0. The van der Waals surface area contributed by atoms with Gasteiger partial charge in [-0.1, -0.05) is 30.7 Å². The first-order chi connectivity index (χ1) is 7.36. The molecule has 0 heterocycles. The minimum Gasteiger partial charge on any atom is -0.490 e. The molecule has 0 unspecified atom stereocenters. The second kappa shape index (κ2) is 7.32. The number of rotatable bonds is 6. The summed E-state index contributed by atoms with van der Waals surface area (Å²) < 4.78 is 5.41. The fourth-order valence-electron chi connectivity index (χ4n) is 1.15. The molecule has 1 N–H and O–H groups in total. The highest BCUT2D eigenvalue weighted by Gasteiger charge is 1.93. The third kappa shape index (κ3) is 4.86. The number of nitrogens with one attached hydrogen (secondary N) is 1. The van der Waals surface area contributed by atoms with Crippen molar-refractivity contribution in [2.24, 2.45) is 0 Å². The van der Waals surface area contributed by atoms with Crippen LogP contribution in [-0.2, 0) is 6.54 Å². The first-order valence-electron chi connectivity index (χ1n) is 5.04. The average molecular weight is 226 g/mol. The molecule has 0 saturated carbocycles. The lowest BCUT2D eigenvalue weighted by Crippen LogP contribution is -2.11. The van der Waals surface area contributed by atoms with Gasteiger partial charge in [-0.15, -0.1) is 0 Å². The van der Waals surface area contributed by atoms with Crippen LogP contribution in [0.15, 0.2) is 35.9 Å². The normalized spacial score (nSPS) is 10.8. The largest absolute Gasteiger partial charge is 0.490 e. The first kappa shape index (κ1) is 12.1. The zero-order chi connectivity index (χ0) is 10.9. The van der Waals surface area contributed by atoms with Crippen molar-refractivity contribution in [3.63, 3.8) is 0 Å². The van der Waals surface area contributed by atoms with Crippen LogP contribution in [0.4, 0.5) is 0 Å². The molecule has 2 nitrogen and oxygen atoms in total. The van der Waals surface area contributed by atoms with Crippen molar-refractivity contribution < 1.29 is 4.74 Å². The topological polar surface area (TPSA) is 21.3 Å². The second-order valence-electron chi connectivity index (χ2n) is 3.10. The molecule has 0 aromatic heterocycles. The van der Waals surface area contributed by atoms with E-state index in [4.69, 9.17) is 16.3 Å². The standard InChI is InChI=1S/C12H16ClNO/c1-2-14-10-11-4-6-12(7-5-11)15-9-3-8-13/h3-8,14H,2,9-10H2,1H3/b8-3+. The van der Waals surface area contributed by atoms with Crippen LogP contribution in [0.3, 0.4) is 0 Å². The molecule has 0 saturated heterocycles. The van der Waals surface area contributed by atoms with Gasteiger partial charge in [0.1, 0.15) is 12.4 Å². The molecule has 1 aromatic rings. The van der Waals surface area contributed by atoms with Crippen molar-refractivity contribution in [2.75, 3.05) is 13.2 Å². The predicted molar refractivity (Wildman–Crippen MR) is 64.3 cm³/mol. The van der Waals surface area contributed by atoms with Gasteiger partial charge < -0.3 is 10.1 Å². The number of hydrogen-bond donors (Lipinski definition) is 1. The number of benzene rings is 1. The lowest BCUT2D eigenvalue weighted by Gasteiger charge is -2.05. The zero-order valence-corrected chi connectivity index (χ0v) is 9.63.